The van der Waals surface area contributed by atoms with Crippen LogP contribution >= 0.6 is 11.3 Å². The number of piperidine rings is 1. The molecule has 134 valence electrons. The van der Waals surface area contributed by atoms with Crippen molar-refractivity contribution in [1.82, 2.24) is 29.8 Å². The van der Waals surface area contributed by atoms with E-state index < -0.39 is 0 Å². The van der Waals surface area contributed by atoms with Gasteiger partial charge in [0.2, 0.25) is 5.91 Å². The third-order valence-corrected chi connectivity index (χ3v) is 6.56. The number of likely N-dealkylation sites (tertiary alicyclic amines) is 1. The molecule has 1 spiro atoms. The molecule has 1 amide bonds. The zero-order valence-corrected chi connectivity index (χ0v) is 15.6. The van der Waals surface area contributed by atoms with Crippen molar-refractivity contribution >= 4 is 17.2 Å². The van der Waals surface area contributed by atoms with Crippen LogP contribution in [0.4, 0.5) is 0 Å². The third-order valence-electron chi connectivity index (χ3n) is 5.80. The Labute approximate surface area is 151 Å². The highest BCUT2D eigenvalue weighted by Gasteiger charge is 2.56. The molecule has 1 saturated carbocycles. The summed E-state index contributed by atoms with van der Waals surface area (Å²) in [5, 5.41) is 11.0. The number of carbonyl (C=O) groups is 1. The molecule has 2 aromatic heterocycles. The summed E-state index contributed by atoms with van der Waals surface area (Å²) < 4.78 is 1.67. The van der Waals surface area contributed by atoms with E-state index in [-0.39, 0.29) is 5.91 Å². The van der Waals surface area contributed by atoms with Gasteiger partial charge in [0.25, 0.3) is 0 Å². The average molecular weight is 360 g/mol. The Morgan fingerprint density at radius 1 is 1.44 bits per heavy atom. The number of hydrogen-bond acceptors (Lipinski definition) is 6. The Bertz CT molecular complexity index is 734. The zero-order chi connectivity index (χ0) is 17.4. The van der Waals surface area contributed by atoms with Crippen LogP contribution in [0.1, 0.15) is 30.0 Å². The van der Waals surface area contributed by atoms with Crippen molar-refractivity contribution < 1.29 is 4.79 Å². The summed E-state index contributed by atoms with van der Waals surface area (Å²) in [6.07, 6.45) is 7.41. The van der Waals surface area contributed by atoms with Crippen molar-refractivity contribution in [3.8, 4) is 0 Å². The van der Waals surface area contributed by atoms with Crippen molar-refractivity contribution in [1.29, 1.82) is 0 Å². The summed E-state index contributed by atoms with van der Waals surface area (Å²) in [5.41, 5.74) is 1.29. The number of rotatable bonds is 5. The molecule has 4 rings (SSSR count). The van der Waals surface area contributed by atoms with E-state index in [1.54, 1.807) is 22.2 Å². The highest BCUT2D eigenvalue weighted by molar-refractivity contribution is 7.09. The van der Waals surface area contributed by atoms with E-state index in [2.05, 4.69) is 27.2 Å². The van der Waals surface area contributed by atoms with Crippen molar-refractivity contribution in [3.63, 3.8) is 0 Å². The first-order valence-electron chi connectivity index (χ1n) is 8.77. The molecule has 8 heteroatoms. The monoisotopic (exact) mass is 360 g/mol. The first-order valence-corrected chi connectivity index (χ1v) is 9.65. The van der Waals surface area contributed by atoms with Gasteiger partial charge in [-0.25, -0.2) is 4.98 Å². The summed E-state index contributed by atoms with van der Waals surface area (Å²) >= 11 is 1.72. The highest BCUT2D eigenvalue weighted by atomic mass is 32.1. The number of amides is 1. The topological polar surface area (TPSA) is 67.2 Å². The smallest absolute Gasteiger partial charge is 0.228 e. The van der Waals surface area contributed by atoms with Crippen LogP contribution in [0.5, 0.6) is 0 Å². The predicted octanol–water partition coefficient (Wildman–Crippen LogP) is 1.33. The van der Waals surface area contributed by atoms with E-state index in [0.717, 1.165) is 38.2 Å². The molecule has 1 aliphatic carbocycles. The van der Waals surface area contributed by atoms with Crippen molar-refractivity contribution in [2.24, 2.45) is 12.5 Å². The molecule has 0 aromatic carbocycles. The molecule has 1 aliphatic heterocycles. The van der Waals surface area contributed by atoms with E-state index >= 15 is 0 Å². The minimum Gasteiger partial charge on any atom is -0.342 e. The van der Waals surface area contributed by atoms with Crippen molar-refractivity contribution in [2.75, 3.05) is 20.1 Å². The maximum Gasteiger partial charge on any atom is 0.228 e. The van der Waals surface area contributed by atoms with Crippen molar-refractivity contribution in [2.45, 2.75) is 38.3 Å². The van der Waals surface area contributed by atoms with Gasteiger partial charge < -0.3 is 4.90 Å². The van der Waals surface area contributed by atoms with Crippen molar-refractivity contribution in [3.05, 3.63) is 28.5 Å². The lowest BCUT2D eigenvalue weighted by Crippen LogP contribution is -2.42. The fourth-order valence-corrected chi connectivity index (χ4v) is 4.76. The van der Waals surface area contributed by atoms with Gasteiger partial charge in [0.15, 0.2) is 0 Å². The molecule has 0 bridgehead atoms. The summed E-state index contributed by atoms with van der Waals surface area (Å²) in [5.74, 6) is 0.189. The molecular formula is C17H24N6OS. The third kappa shape index (κ3) is 3.32. The van der Waals surface area contributed by atoms with Crippen LogP contribution in [0.15, 0.2) is 17.8 Å². The summed E-state index contributed by atoms with van der Waals surface area (Å²) in [7, 11) is 4.03. The van der Waals surface area contributed by atoms with Gasteiger partial charge in [0.05, 0.1) is 24.9 Å². The Balaban J connectivity index is 1.29. The van der Waals surface area contributed by atoms with Gasteiger partial charge in [-0.15, -0.1) is 16.4 Å². The van der Waals surface area contributed by atoms with Crippen LogP contribution in [0.25, 0.3) is 0 Å². The van der Waals surface area contributed by atoms with Crippen LogP contribution < -0.4 is 0 Å². The van der Waals surface area contributed by atoms with Gasteiger partial charge in [-0.05, 0) is 31.7 Å². The standard InChI is InChI=1S/C17H24N6OS/c1-21(12-15-18-5-8-25-15)14-10-17(14)3-6-23(7-4-17)16(24)9-13-11-19-20-22(13)2/h5,8,11,14H,3-4,6-7,9-10,12H2,1-2H3. The van der Waals surface area contributed by atoms with Crippen LogP contribution in [0, 0.1) is 5.41 Å². The van der Waals surface area contributed by atoms with E-state index in [9.17, 15) is 4.79 Å². The number of hydrogen-bond donors (Lipinski definition) is 0. The van der Waals surface area contributed by atoms with Gasteiger partial charge in [-0.3, -0.25) is 14.4 Å². The van der Waals surface area contributed by atoms with Gasteiger partial charge in [-0.1, -0.05) is 5.21 Å². The van der Waals surface area contributed by atoms with Gasteiger partial charge in [-0.2, -0.15) is 0 Å². The van der Waals surface area contributed by atoms with E-state index in [0.29, 0.717) is 17.9 Å². The van der Waals surface area contributed by atoms with Crippen LogP contribution in [-0.4, -0.2) is 61.9 Å². The molecule has 7 nitrogen and oxygen atoms in total. The molecule has 0 N–H and O–H groups in total. The molecule has 25 heavy (non-hydrogen) atoms. The fraction of sp³-hybridized carbons (Fsp3) is 0.647. The van der Waals surface area contributed by atoms with Crippen LogP contribution in [-0.2, 0) is 24.8 Å². The Hall–Kier alpha value is -1.80. The lowest BCUT2D eigenvalue weighted by atomic mass is 9.92. The summed E-state index contributed by atoms with van der Waals surface area (Å²) in [4.78, 5) is 21.4. The minimum atomic E-state index is 0.189. The lowest BCUT2D eigenvalue weighted by Gasteiger charge is -2.34. The Kier molecular flexibility index (Phi) is 4.33. The maximum absolute atomic E-state index is 12.5. The summed E-state index contributed by atoms with van der Waals surface area (Å²) in [6.45, 7) is 2.66. The molecule has 3 heterocycles. The highest BCUT2D eigenvalue weighted by Crippen LogP contribution is 2.56. The number of nitrogens with zero attached hydrogens (tertiary/aromatic N) is 6. The van der Waals surface area contributed by atoms with Gasteiger partial charge in [0.1, 0.15) is 5.01 Å². The number of thiazole rings is 1. The molecule has 1 atom stereocenters. The van der Waals surface area contributed by atoms with Gasteiger partial charge >= 0.3 is 0 Å². The first-order chi connectivity index (χ1) is 12.1. The number of aromatic nitrogens is 4. The van der Waals surface area contributed by atoms with E-state index in [4.69, 9.17) is 0 Å². The second-order valence-corrected chi connectivity index (χ2v) is 8.31. The predicted molar refractivity (Wildman–Crippen MR) is 94.9 cm³/mol. The fourth-order valence-electron chi connectivity index (χ4n) is 4.08. The normalized spacial score (nSPS) is 21.9. The second kappa shape index (κ2) is 6.49. The van der Waals surface area contributed by atoms with Gasteiger partial charge in [0, 0.05) is 37.8 Å². The van der Waals surface area contributed by atoms with E-state index in [1.165, 1.54) is 11.4 Å². The number of aryl methyl sites for hydroxylation is 1. The zero-order valence-electron chi connectivity index (χ0n) is 14.8. The molecule has 0 radical (unpaired) electrons. The molecular weight excluding hydrogens is 336 g/mol. The summed E-state index contributed by atoms with van der Waals surface area (Å²) in [6, 6.07) is 0.634. The van der Waals surface area contributed by atoms with Crippen LogP contribution in [0.2, 0.25) is 0 Å². The molecule has 2 fully saturated rings. The number of carbonyl (C=O) groups excluding carboxylic acids is 1. The molecule has 2 aliphatic rings. The second-order valence-electron chi connectivity index (χ2n) is 7.33. The van der Waals surface area contributed by atoms with E-state index in [1.807, 2.05) is 23.5 Å². The minimum absolute atomic E-state index is 0.189. The molecule has 1 saturated heterocycles. The Morgan fingerprint density at radius 3 is 2.88 bits per heavy atom. The first kappa shape index (κ1) is 16.7. The quantitative estimate of drug-likeness (QED) is 0.805. The lowest BCUT2D eigenvalue weighted by molar-refractivity contribution is -0.132. The SMILES string of the molecule is CN(Cc1nccs1)C1CC12CCN(C(=O)Cc1cnnn1C)CC2. The average Bonchev–Trinajstić information content (AvgIpc) is 2.92. The molecule has 2 aromatic rings. The van der Waals surface area contributed by atoms with Crippen LogP contribution in [0.3, 0.4) is 0 Å². The largest absolute Gasteiger partial charge is 0.342 e. The molecule has 1 unspecified atom stereocenters. The Morgan fingerprint density at radius 2 is 2.24 bits per heavy atom. The maximum atomic E-state index is 12.5.